The van der Waals surface area contributed by atoms with Gasteiger partial charge in [0.15, 0.2) is 0 Å². The van der Waals surface area contributed by atoms with Crippen molar-refractivity contribution in [2.75, 3.05) is 26.7 Å². The smallest absolute Gasteiger partial charge is 0.256 e. The Bertz CT molecular complexity index is 656. The summed E-state index contributed by atoms with van der Waals surface area (Å²) < 4.78 is 13.6. The van der Waals surface area contributed by atoms with E-state index in [9.17, 15) is 9.18 Å². The highest BCUT2D eigenvalue weighted by molar-refractivity contribution is 6.04. The van der Waals surface area contributed by atoms with Crippen molar-refractivity contribution in [3.63, 3.8) is 0 Å². The minimum atomic E-state index is -0.417. The lowest BCUT2D eigenvalue weighted by Crippen LogP contribution is -2.40. The fourth-order valence-corrected chi connectivity index (χ4v) is 2.98. The first-order chi connectivity index (χ1) is 10.2. The van der Waals surface area contributed by atoms with Gasteiger partial charge in [-0.25, -0.2) is 9.37 Å². The third-order valence-corrected chi connectivity index (χ3v) is 4.11. The second-order valence-corrected chi connectivity index (χ2v) is 5.55. The first-order valence-electron chi connectivity index (χ1n) is 7.25. The maximum Gasteiger partial charge on any atom is 0.256 e. The van der Waals surface area contributed by atoms with E-state index in [1.807, 2.05) is 7.05 Å². The summed E-state index contributed by atoms with van der Waals surface area (Å²) in [6, 6.07) is 2.64. The first kappa shape index (κ1) is 19.7. The lowest BCUT2D eigenvalue weighted by Gasteiger charge is -2.32. The Morgan fingerprint density at radius 1 is 1.39 bits per heavy atom. The standard InChI is InChI=1S/C15H19FN4O.2ClH/c1-17-8-10-2-4-20(5-3-10)15(21)12-6-11(16)7-13-14(12)19-9-18-13;;/h6-7,9-10,17H,2-5,8H2,1H3,(H,18,19);2*1H. The molecule has 23 heavy (non-hydrogen) atoms. The van der Waals surface area contributed by atoms with Crippen molar-refractivity contribution < 1.29 is 9.18 Å². The molecule has 0 bridgehead atoms. The molecule has 1 fully saturated rings. The van der Waals surface area contributed by atoms with Gasteiger partial charge in [0.2, 0.25) is 0 Å². The average molecular weight is 363 g/mol. The first-order valence-corrected chi connectivity index (χ1v) is 7.25. The Morgan fingerprint density at radius 3 is 2.74 bits per heavy atom. The number of carbonyl (C=O) groups excluding carboxylic acids is 1. The molecule has 1 aromatic carbocycles. The highest BCUT2D eigenvalue weighted by Gasteiger charge is 2.25. The minimum Gasteiger partial charge on any atom is -0.344 e. The number of aromatic nitrogens is 2. The van der Waals surface area contributed by atoms with E-state index in [4.69, 9.17) is 0 Å². The summed E-state index contributed by atoms with van der Waals surface area (Å²) in [6.07, 6.45) is 3.44. The van der Waals surface area contributed by atoms with Gasteiger partial charge < -0.3 is 15.2 Å². The number of nitrogens with one attached hydrogen (secondary N) is 2. The van der Waals surface area contributed by atoms with Crippen LogP contribution in [-0.4, -0.2) is 47.5 Å². The topological polar surface area (TPSA) is 61.0 Å². The summed E-state index contributed by atoms with van der Waals surface area (Å²) in [5.41, 5.74) is 1.44. The number of hydrogen-bond acceptors (Lipinski definition) is 3. The van der Waals surface area contributed by atoms with Crippen LogP contribution in [0.15, 0.2) is 18.5 Å². The van der Waals surface area contributed by atoms with Crippen LogP contribution in [-0.2, 0) is 0 Å². The number of aromatic amines is 1. The normalized spacial score (nSPS) is 15.1. The lowest BCUT2D eigenvalue weighted by molar-refractivity contribution is 0.0692. The summed E-state index contributed by atoms with van der Waals surface area (Å²) in [5.74, 6) is 0.0617. The summed E-state index contributed by atoms with van der Waals surface area (Å²) in [6.45, 7) is 2.41. The van der Waals surface area contributed by atoms with Gasteiger partial charge >= 0.3 is 0 Å². The molecule has 0 aliphatic carbocycles. The van der Waals surface area contributed by atoms with Crippen molar-refractivity contribution in [3.05, 3.63) is 29.8 Å². The Kier molecular flexibility index (Phi) is 7.25. The second kappa shape index (κ2) is 8.47. The van der Waals surface area contributed by atoms with Crippen LogP contribution in [0.4, 0.5) is 4.39 Å². The zero-order valence-corrected chi connectivity index (χ0v) is 14.5. The van der Waals surface area contributed by atoms with E-state index in [0.717, 1.165) is 19.4 Å². The third-order valence-electron chi connectivity index (χ3n) is 4.11. The van der Waals surface area contributed by atoms with E-state index in [-0.39, 0.29) is 30.7 Å². The molecule has 1 saturated heterocycles. The van der Waals surface area contributed by atoms with Crippen LogP contribution in [0.1, 0.15) is 23.2 Å². The van der Waals surface area contributed by atoms with Crippen LogP contribution in [0.2, 0.25) is 0 Å². The molecule has 1 amide bonds. The van der Waals surface area contributed by atoms with Gasteiger partial charge in [0.25, 0.3) is 5.91 Å². The van der Waals surface area contributed by atoms with Crippen molar-refractivity contribution in [2.45, 2.75) is 12.8 Å². The average Bonchev–Trinajstić information content (AvgIpc) is 2.95. The molecule has 0 saturated carbocycles. The minimum absolute atomic E-state index is 0. The molecule has 128 valence electrons. The highest BCUT2D eigenvalue weighted by Crippen LogP contribution is 2.22. The van der Waals surface area contributed by atoms with Crippen LogP contribution in [0.5, 0.6) is 0 Å². The quantitative estimate of drug-likeness (QED) is 0.881. The van der Waals surface area contributed by atoms with Gasteiger partial charge in [-0.3, -0.25) is 4.79 Å². The molecule has 8 heteroatoms. The highest BCUT2D eigenvalue weighted by atomic mass is 35.5. The van der Waals surface area contributed by atoms with E-state index in [0.29, 0.717) is 35.6 Å². The number of benzene rings is 1. The molecule has 5 nitrogen and oxygen atoms in total. The van der Waals surface area contributed by atoms with E-state index in [1.54, 1.807) is 4.90 Å². The number of piperidine rings is 1. The van der Waals surface area contributed by atoms with Crippen molar-refractivity contribution in [1.82, 2.24) is 20.2 Å². The van der Waals surface area contributed by atoms with Crippen LogP contribution < -0.4 is 5.32 Å². The van der Waals surface area contributed by atoms with Crippen LogP contribution in [0.25, 0.3) is 11.0 Å². The zero-order chi connectivity index (χ0) is 14.8. The number of rotatable bonds is 3. The fourth-order valence-electron chi connectivity index (χ4n) is 2.98. The predicted octanol–water partition coefficient (Wildman–Crippen LogP) is 2.62. The van der Waals surface area contributed by atoms with E-state index >= 15 is 0 Å². The number of fused-ring (bicyclic) bond motifs is 1. The molecule has 0 unspecified atom stereocenters. The summed E-state index contributed by atoms with van der Waals surface area (Å²) in [5, 5.41) is 3.17. The molecular weight excluding hydrogens is 342 g/mol. The molecule has 0 radical (unpaired) electrons. The predicted molar refractivity (Wildman–Crippen MR) is 93.1 cm³/mol. The van der Waals surface area contributed by atoms with Crippen molar-refractivity contribution in [2.24, 2.45) is 5.92 Å². The molecular formula is C15H21Cl2FN4O. The van der Waals surface area contributed by atoms with Gasteiger partial charge in [-0.15, -0.1) is 24.8 Å². The van der Waals surface area contributed by atoms with Crippen molar-refractivity contribution in [1.29, 1.82) is 0 Å². The van der Waals surface area contributed by atoms with Gasteiger partial charge in [0.05, 0.1) is 17.4 Å². The monoisotopic (exact) mass is 362 g/mol. The second-order valence-electron chi connectivity index (χ2n) is 5.55. The van der Waals surface area contributed by atoms with Gasteiger partial charge in [0, 0.05) is 13.1 Å². The number of H-pyrrole nitrogens is 1. The summed E-state index contributed by atoms with van der Waals surface area (Å²) >= 11 is 0. The number of carbonyl (C=O) groups is 1. The van der Waals surface area contributed by atoms with Gasteiger partial charge in [0.1, 0.15) is 11.3 Å². The van der Waals surface area contributed by atoms with E-state index < -0.39 is 5.82 Å². The number of halogens is 3. The zero-order valence-electron chi connectivity index (χ0n) is 12.8. The van der Waals surface area contributed by atoms with Crippen molar-refractivity contribution in [3.8, 4) is 0 Å². The fraction of sp³-hybridized carbons (Fsp3) is 0.467. The molecule has 0 spiro atoms. The molecule has 1 aliphatic heterocycles. The summed E-state index contributed by atoms with van der Waals surface area (Å²) in [4.78, 5) is 21.4. The Balaban J connectivity index is 0.00000132. The number of amides is 1. The SMILES string of the molecule is CNCC1CCN(C(=O)c2cc(F)cc3[nH]cnc23)CC1.Cl.Cl. The maximum absolute atomic E-state index is 13.6. The lowest BCUT2D eigenvalue weighted by atomic mass is 9.96. The molecule has 3 rings (SSSR count). The number of hydrogen-bond donors (Lipinski definition) is 2. The maximum atomic E-state index is 13.6. The van der Waals surface area contributed by atoms with Gasteiger partial charge in [-0.2, -0.15) is 0 Å². The van der Waals surface area contributed by atoms with Gasteiger partial charge in [-0.05, 0) is 44.5 Å². The molecule has 0 atom stereocenters. The Morgan fingerprint density at radius 2 is 2.09 bits per heavy atom. The number of nitrogens with zero attached hydrogens (tertiary/aromatic N) is 2. The Labute approximate surface area is 146 Å². The molecule has 2 N–H and O–H groups in total. The third kappa shape index (κ3) is 4.13. The van der Waals surface area contributed by atoms with E-state index in [1.165, 1.54) is 18.5 Å². The molecule has 2 heterocycles. The van der Waals surface area contributed by atoms with Gasteiger partial charge in [-0.1, -0.05) is 0 Å². The largest absolute Gasteiger partial charge is 0.344 e. The number of imidazole rings is 1. The van der Waals surface area contributed by atoms with Crippen LogP contribution in [0, 0.1) is 11.7 Å². The Hall–Kier alpha value is -1.37. The molecule has 1 aliphatic rings. The van der Waals surface area contributed by atoms with E-state index in [2.05, 4.69) is 15.3 Å². The molecule has 1 aromatic heterocycles. The number of likely N-dealkylation sites (tertiary alicyclic amines) is 1. The van der Waals surface area contributed by atoms with Crippen LogP contribution >= 0.6 is 24.8 Å². The van der Waals surface area contributed by atoms with Crippen molar-refractivity contribution >= 4 is 41.8 Å². The molecule has 2 aromatic rings. The van der Waals surface area contributed by atoms with Crippen LogP contribution in [0.3, 0.4) is 0 Å². The summed E-state index contributed by atoms with van der Waals surface area (Å²) in [7, 11) is 1.94.